The van der Waals surface area contributed by atoms with Crippen LogP contribution in [0.2, 0.25) is 0 Å². The molecule has 2 aliphatic rings. The number of amides is 1. The van der Waals surface area contributed by atoms with Crippen molar-refractivity contribution in [3.63, 3.8) is 0 Å². The predicted molar refractivity (Wildman–Crippen MR) is 117 cm³/mol. The number of benzene rings is 1. The monoisotopic (exact) mass is 405 g/mol. The third-order valence-electron chi connectivity index (χ3n) is 6.10. The smallest absolute Gasteiger partial charge is 0.254 e. The number of hydrogen-bond acceptors (Lipinski definition) is 5. The highest BCUT2D eigenvalue weighted by Gasteiger charge is 2.21. The highest BCUT2D eigenvalue weighted by atomic mass is 16.5. The van der Waals surface area contributed by atoms with Crippen LogP contribution >= 0.6 is 0 Å². The molecule has 1 saturated carbocycles. The predicted octanol–water partition coefficient (Wildman–Crippen LogP) is 3.84. The van der Waals surface area contributed by atoms with Crippen molar-refractivity contribution in [3.05, 3.63) is 42.1 Å². The van der Waals surface area contributed by atoms with Crippen LogP contribution in [-0.2, 0) is 4.74 Å². The van der Waals surface area contributed by atoms with Gasteiger partial charge < -0.3 is 15.0 Å². The topological polar surface area (TPSA) is 83.1 Å². The second-order valence-corrected chi connectivity index (χ2v) is 8.12. The fraction of sp³-hybridized carbons (Fsp3) is 0.435. The lowest BCUT2D eigenvalue weighted by atomic mass is 9.95. The molecule has 3 heterocycles. The van der Waals surface area contributed by atoms with Crippen molar-refractivity contribution in [1.29, 1.82) is 0 Å². The molecule has 2 N–H and O–H groups in total. The number of aromatic amines is 1. The molecule has 0 radical (unpaired) electrons. The fourth-order valence-electron chi connectivity index (χ4n) is 4.47. The minimum atomic E-state index is 0.0404. The Balaban J connectivity index is 1.48. The quantitative estimate of drug-likeness (QED) is 0.689. The zero-order valence-corrected chi connectivity index (χ0v) is 17.1. The average Bonchev–Trinajstić information content (AvgIpc) is 3.25. The van der Waals surface area contributed by atoms with Gasteiger partial charge in [0, 0.05) is 36.5 Å². The van der Waals surface area contributed by atoms with Crippen LogP contribution in [0.15, 0.2) is 36.5 Å². The summed E-state index contributed by atoms with van der Waals surface area (Å²) >= 11 is 0. The summed E-state index contributed by atoms with van der Waals surface area (Å²) in [6.45, 7) is 2.45. The van der Waals surface area contributed by atoms with Gasteiger partial charge in [0.05, 0.1) is 24.1 Å². The zero-order valence-electron chi connectivity index (χ0n) is 17.1. The van der Waals surface area contributed by atoms with E-state index in [1.807, 2.05) is 41.4 Å². The maximum absolute atomic E-state index is 12.9. The molecule has 5 rings (SSSR count). The van der Waals surface area contributed by atoms with Crippen LogP contribution in [0.4, 0.5) is 5.82 Å². The van der Waals surface area contributed by atoms with Gasteiger partial charge >= 0.3 is 0 Å². The minimum Gasteiger partial charge on any atom is -0.378 e. The second kappa shape index (κ2) is 8.44. The van der Waals surface area contributed by atoms with E-state index in [0.717, 1.165) is 28.0 Å². The molecular weight excluding hydrogens is 378 g/mol. The van der Waals surface area contributed by atoms with Crippen molar-refractivity contribution in [2.24, 2.45) is 0 Å². The summed E-state index contributed by atoms with van der Waals surface area (Å²) in [4.78, 5) is 19.4. The van der Waals surface area contributed by atoms with Crippen molar-refractivity contribution in [2.75, 3.05) is 31.6 Å². The molecule has 1 aromatic carbocycles. The van der Waals surface area contributed by atoms with E-state index in [9.17, 15) is 4.79 Å². The molecule has 1 aliphatic heterocycles. The molecule has 7 nitrogen and oxygen atoms in total. The summed E-state index contributed by atoms with van der Waals surface area (Å²) in [5.41, 5.74) is 3.37. The first kappa shape index (κ1) is 19.1. The van der Waals surface area contributed by atoms with Crippen LogP contribution in [0.3, 0.4) is 0 Å². The second-order valence-electron chi connectivity index (χ2n) is 8.12. The van der Waals surface area contributed by atoms with E-state index in [2.05, 4.69) is 20.5 Å². The standard InChI is InChI=1S/C23H27N5O2/c29-23(28-11-13-30-14-12-28)17-6-4-5-16(15-17)21-20-19(26-27-21)9-10-24-22(20)25-18-7-2-1-3-8-18/h4-6,9-10,15,18H,1-3,7-8,11-14H2,(H,24,25)(H,26,27). The van der Waals surface area contributed by atoms with Crippen molar-refractivity contribution in [1.82, 2.24) is 20.1 Å². The van der Waals surface area contributed by atoms with Gasteiger partial charge in [-0.1, -0.05) is 31.4 Å². The Morgan fingerprint density at radius 1 is 1.13 bits per heavy atom. The van der Waals surface area contributed by atoms with Gasteiger partial charge in [-0.25, -0.2) is 4.98 Å². The number of H-pyrrole nitrogens is 1. The van der Waals surface area contributed by atoms with Gasteiger partial charge in [-0.15, -0.1) is 0 Å². The van der Waals surface area contributed by atoms with Crippen molar-refractivity contribution < 1.29 is 9.53 Å². The molecule has 30 heavy (non-hydrogen) atoms. The molecule has 1 amide bonds. The van der Waals surface area contributed by atoms with Gasteiger partial charge in [0.15, 0.2) is 0 Å². The molecule has 156 valence electrons. The maximum Gasteiger partial charge on any atom is 0.254 e. The summed E-state index contributed by atoms with van der Waals surface area (Å²) in [5, 5.41) is 12.4. The lowest BCUT2D eigenvalue weighted by molar-refractivity contribution is 0.0303. The van der Waals surface area contributed by atoms with Crippen molar-refractivity contribution in [3.8, 4) is 11.3 Å². The normalized spacial score (nSPS) is 17.9. The van der Waals surface area contributed by atoms with Crippen LogP contribution in [0, 0.1) is 0 Å². The summed E-state index contributed by atoms with van der Waals surface area (Å²) in [7, 11) is 0. The van der Waals surface area contributed by atoms with E-state index in [-0.39, 0.29) is 5.91 Å². The third-order valence-corrected chi connectivity index (χ3v) is 6.10. The minimum absolute atomic E-state index is 0.0404. The van der Waals surface area contributed by atoms with Crippen molar-refractivity contribution >= 4 is 22.6 Å². The van der Waals surface area contributed by atoms with Crippen molar-refractivity contribution in [2.45, 2.75) is 38.1 Å². The summed E-state index contributed by atoms with van der Waals surface area (Å²) in [6.07, 6.45) is 8.00. The Bertz CT molecular complexity index is 1040. The van der Waals surface area contributed by atoms with Crippen LogP contribution in [0.1, 0.15) is 42.5 Å². The number of carbonyl (C=O) groups is 1. The molecule has 2 fully saturated rings. The maximum atomic E-state index is 12.9. The molecule has 0 bridgehead atoms. The molecule has 1 saturated heterocycles. The van der Waals surface area contributed by atoms with Crippen LogP contribution in [0.5, 0.6) is 0 Å². The van der Waals surface area contributed by atoms with E-state index in [4.69, 9.17) is 4.74 Å². The van der Waals surface area contributed by atoms with Crippen LogP contribution in [-0.4, -0.2) is 58.3 Å². The summed E-state index contributed by atoms with van der Waals surface area (Å²) in [5.74, 6) is 0.909. The van der Waals surface area contributed by atoms with Gasteiger partial charge in [0.1, 0.15) is 11.5 Å². The Morgan fingerprint density at radius 3 is 2.80 bits per heavy atom. The molecule has 1 aliphatic carbocycles. The lowest BCUT2D eigenvalue weighted by Crippen LogP contribution is -2.40. The number of morpholine rings is 1. The average molecular weight is 406 g/mol. The van der Waals surface area contributed by atoms with E-state index in [0.29, 0.717) is 37.9 Å². The first-order valence-electron chi connectivity index (χ1n) is 10.9. The highest BCUT2D eigenvalue weighted by molar-refractivity contribution is 6.02. The fourth-order valence-corrected chi connectivity index (χ4v) is 4.47. The Hall–Kier alpha value is -2.93. The number of fused-ring (bicyclic) bond motifs is 1. The number of nitrogens with one attached hydrogen (secondary N) is 2. The molecule has 2 aromatic heterocycles. The van der Waals surface area contributed by atoms with E-state index in [1.54, 1.807) is 0 Å². The molecule has 7 heteroatoms. The number of carbonyl (C=O) groups excluding carboxylic acids is 1. The summed E-state index contributed by atoms with van der Waals surface area (Å²) < 4.78 is 5.37. The number of rotatable bonds is 4. The number of hydrogen-bond donors (Lipinski definition) is 2. The number of nitrogens with zero attached hydrogens (tertiary/aromatic N) is 3. The van der Waals surface area contributed by atoms with E-state index < -0.39 is 0 Å². The van der Waals surface area contributed by atoms with E-state index >= 15 is 0 Å². The third kappa shape index (κ3) is 3.77. The molecular formula is C23H27N5O2. The molecule has 0 spiro atoms. The van der Waals surface area contributed by atoms with Gasteiger partial charge in [0.25, 0.3) is 5.91 Å². The van der Waals surface area contributed by atoms with Crippen LogP contribution in [0.25, 0.3) is 22.2 Å². The first-order valence-corrected chi connectivity index (χ1v) is 10.9. The van der Waals surface area contributed by atoms with Gasteiger partial charge in [-0.05, 0) is 31.0 Å². The number of ether oxygens (including phenoxy) is 1. The Morgan fingerprint density at radius 2 is 1.97 bits per heavy atom. The van der Waals surface area contributed by atoms with Gasteiger partial charge in [0.2, 0.25) is 0 Å². The first-order chi connectivity index (χ1) is 14.8. The number of pyridine rings is 1. The number of aromatic nitrogens is 3. The zero-order chi connectivity index (χ0) is 20.3. The Kier molecular flexibility index (Phi) is 5.36. The Labute approximate surface area is 175 Å². The SMILES string of the molecule is O=C(c1cccc(-c2n[nH]c3ccnc(NC4CCCCC4)c23)c1)N1CCOCC1. The highest BCUT2D eigenvalue weighted by Crippen LogP contribution is 2.33. The van der Waals surface area contributed by atoms with Gasteiger partial charge in [-0.2, -0.15) is 5.10 Å². The van der Waals surface area contributed by atoms with Gasteiger partial charge in [-0.3, -0.25) is 9.89 Å². The molecule has 0 unspecified atom stereocenters. The van der Waals surface area contributed by atoms with E-state index in [1.165, 1.54) is 32.1 Å². The molecule has 0 atom stereocenters. The molecule has 3 aromatic rings. The lowest BCUT2D eigenvalue weighted by Gasteiger charge is -2.27. The summed E-state index contributed by atoms with van der Waals surface area (Å²) in [6, 6.07) is 10.1. The number of anilines is 1. The largest absolute Gasteiger partial charge is 0.378 e. The van der Waals surface area contributed by atoms with Crippen LogP contribution < -0.4 is 5.32 Å².